The summed E-state index contributed by atoms with van der Waals surface area (Å²) < 4.78 is 12.0. The number of aliphatic hydroxyl groups is 1. The number of hydrogen-bond donors (Lipinski definition) is 2. The summed E-state index contributed by atoms with van der Waals surface area (Å²) in [5.74, 6) is 0.704. The summed E-state index contributed by atoms with van der Waals surface area (Å²) in [5, 5.41) is 9.80. The van der Waals surface area contributed by atoms with Crippen LogP contribution in [-0.4, -0.2) is 31.0 Å². The smallest absolute Gasteiger partial charge is 0.124 e. The number of unbranched alkanes of at least 4 members (excludes halogenated alkanes) is 1. The molecule has 0 fully saturated rings. The zero-order valence-corrected chi connectivity index (χ0v) is 13.7. The molecule has 3 N–H and O–H groups in total. The molecule has 1 rings (SSSR count). The molecule has 4 nitrogen and oxygen atoms in total. The van der Waals surface area contributed by atoms with Gasteiger partial charge in [0.05, 0.1) is 6.61 Å². The predicted molar refractivity (Wildman–Crippen MR) is 84.0 cm³/mol. The third-order valence-electron chi connectivity index (χ3n) is 2.85. The predicted octanol–water partition coefficient (Wildman–Crippen LogP) is 3.03. The van der Waals surface area contributed by atoms with Gasteiger partial charge in [0.1, 0.15) is 18.5 Å². The molecule has 0 saturated heterocycles. The van der Waals surface area contributed by atoms with Gasteiger partial charge in [0.2, 0.25) is 0 Å². The molecule has 0 aliphatic rings. The first-order valence-corrected chi connectivity index (χ1v) is 7.77. The maximum absolute atomic E-state index is 9.80. The second-order valence-corrected chi connectivity index (χ2v) is 5.78. The van der Waals surface area contributed by atoms with E-state index in [-0.39, 0.29) is 12.6 Å². The van der Waals surface area contributed by atoms with Gasteiger partial charge in [-0.05, 0) is 31.5 Å². The van der Waals surface area contributed by atoms with E-state index in [4.69, 9.17) is 15.2 Å². The van der Waals surface area contributed by atoms with Crippen LogP contribution >= 0.6 is 15.9 Å². The van der Waals surface area contributed by atoms with Crippen LogP contribution in [0.3, 0.4) is 0 Å². The van der Waals surface area contributed by atoms with Crippen LogP contribution in [0.5, 0.6) is 5.75 Å². The third kappa shape index (κ3) is 6.22. The van der Waals surface area contributed by atoms with Crippen LogP contribution < -0.4 is 10.5 Å². The molecule has 1 aromatic carbocycles. The molecule has 5 heteroatoms. The van der Waals surface area contributed by atoms with E-state index in [1.54, 1.807) is 0 Å². The van der Waals surface area contributed by atoms with Crippen molar-refractivity contribution >= 4 is 15.9 Å². The lowest BCUT2D eigenvalue weighted by molar-refractivity contribution is 0.0111. The number of ether oxygens (including phenoxy) is 2. The highest BCUT2D eigenvalue weighted by molar-refractivity contribution is 9.10. The summed E-state index contributed by atoms with van der Waals surface area (Å²) in [4.78, 5) is 0. The van der Waals surface area contributed by atoms with Gasteiger partial charge in [-0.1, -0.05) is 29.3 Å². The van der Waals surface area contributed by atoms with Crippen molar-refractivity contribution in [1.82, 2.24) is 0 Å². The Balaban J connectivity index is 2.44. The third-order valence-corrected chi connectivity index (χ3v) is 3.34. The summed E-state index contributed by atoms with van der Waals surface area (Å²) in [6.07, 6.45) is 1.47. The van der Waals surface area contributed by atoms with E-state index in [1.807, 2.05) is 25.1 Å². The van der Waals surface area contributed by atoms with E-state index in [2.05, 4.69) is 22.9 Å². The molecule has 1 aromatic rings. The molecular weight excluding hydrogens is 322 g/mol. The molecule has 20 heavy (non-hydrogen) atoms. The van der Waals surface area contributed by atoms with Gasteiger partial charge in [0.15, 0.2) is 0 Å². The van der Waals surface area contributed by atoms with Crippen LogP contribution in [0.1, 0.15) is 38.3 Å². The normalized spacial score (nSPS) is 14.1. The molecular formula is C15H24BrNO3. The highest BCUT2D eigenvalue weighted by atomic mass is 79.9. The quantitative estimate of drug-likeness (QED) is 0.675. The molecule has 0 aromatic heterocycles. The van der Waals surface area contributed by atoms with Gasteiger partial charge in [-0.3, -0.25) is 0 Å². The van der Waals surface area contributed by atoms with Gasteiger partial charge < -0.3 is 20.3 Å². The minimum atomic E-state index is -0.628. The lowest BCUT2D eigenvalue weighted by Gasteiger charge is -2.17. The average Bonchev–Trinajstić information content (AvgIpc) is 2.42. The van der Waals surface area contributed by atoms with Crippen LogP contribution in [0.4, 0.5) is 0 Å². The summed E-state index contributed by atoms with van der Waals surface area (Å²) in [7, 11) is 0. The molecule has 0 amide bonds. The van der Waals surface area contributed by atoms with Crippen molar-refractivity contribution in [3.63, 3.8) is 0 Å². The fraction of sp³-hybridized carbons (Fsp3) is 0.600. The van der Waals surface area contributed by atoms with E-state index in [1.165, 1.54) is 0 Å². The van der Waals surface area contributed by atoms with Crippen molar-refractivity contribution in [3.8, 4) is 5.75 Å². The summed E-state index contributed by atoms with van der Waals surface area (Å²) in [5.41, 5.74) is 6.83. The highest BCUT2D eigenvalue weighted by Crippen LogP contribution is 2.27. The van der Waals surface area contributed by atoms with Gasteiger partial charge in [-0.25, -0.2) is 0 Å². The number of halogens is 1. The van der Waals surface area contributed by atoms with Crippen LogP contribution in [0.2, 0.25) is 0 Å². The van der Waals surface area contributed by atoms with E-state index < -0.39 is 6.10 Å². The van der Waals surface area contributed by atoms with Crippen molar-refractivity contribution in [2.45, 2.75) is 38.8 Å². The fourth-order valence-corrected chi connectivity index (χ4v) is 2.09. The Morgan fingerprint density at radius 1 is 1.35 bits per heavy atom. The zero-order valence-electron chi connectivity index (χ0n) is 12.1. The standard InChI is InChI=1S/C15H24BrNO3/c1-3-4-7-19-9-13(18)10-20-15-6-5-12(16)8-14(15)11(2)17/h5-6,8,11,13,18H,3-4,7,9-10,17H2,1-2H3/t11-,13?/m0/s1. The van der Waals surface area contributed by atoms with E-state index >= 15 is 0 Å². The van der Waals surface area contributed by atoms with E-state index in [0.29, 0.717) is 19.0 Å². The fourth-order valence-electron chi connectivity index (χ4n) is 1.71. The van der Waals surface area contributed by atoms with Crippen LogP contribution in [-0.2, 0) is 4.74 Å². The molecule has 0 bridgehead atoms. The lowest BCUT2D eigenvalue weighted by atomic mass is 10.1. The average molecular weight is 346 g/mol. The molecule has 0 aliphatic heterocycles. The monoisotopic (exact) mass is 345 g/mol. The Morgan fingerprint density at radius 3 is 2.75 bits per heavy atom. The Bertz CT molecular complexity index is 399. The van der Waals surface area contributed by atoms with Crippen molar-refractivity contribution in [1.29, 1.82) is 0 Å². The van der Waals surface area contributed by atoms with Crippen molar-refractivity contribution in [3.05, 3.63) is 28.2 Å². The van der Waals surface area contributed by atoms with Gasteiger partial charge in [-0.15, -0.1) is 0 Å². The van der Waals surface area contributed by atoms with Gasteiger partial charge in [0.25, 0.3) is 0 Å². The zero-order chi connectivity index (χ0) is 15.0. The van der Waals surface area contributed by atoms with Gasteiger partial charge in [-0.2, -0.15) is 0 Å². The van der Waals surface area contributed by atoms with Crippen LogP contribution in [0, 0.1) is 0 Å². The molecule has 0 radical (unpaired) electrons. The lowest BCUT2D eigenvalue weighted by Crippen LogP contribution is -2.24. The first-order valence-electron chi connectivity index (χ1n) is 6.98. The van der Waals surface area contributed by atoms with Gasteiger partial charge >= 0.3 is 0 Å². The minimum absolute atomic E-state index is 0.125. The minimum Gasteiger partial charge on any atom is -0.490 e. The van der Waals surface area contributed by atoms with Gasteiger partial charge in [0, 0.05) is 22.7 Å². The molecule has 0 saturated carbocycles. The molecule has 2 atom stereocenters. The molecule has 114 valence electrons. The molecule has 0 aliphatic carbocycles. The Labute approximate surface area is 129 Å². The first kappa shape index (κ1) is 17.4. The Morgan fingerprint density at radius 2 is 2.10 bits per heavy atom. The molecule has 0 spiro atoms. The number of hydrogen-bond acceptors (Lipinski definition) is 4. The highest BCUT2D eigenvalue weighted by Gasteiger charge is 2.11. The molecule has 1 unspecified atom stereocenters. The summed E-state index contributed by atoms with van der Waals surface area (Å²) in [6, 6.07) is 5.56. The Hall–Kier alpha value is -0.620. The second kappa shape index (κ2) is 9.34. The maximum Gasteiger partial charge on any atom is 0.124 e. The van der Waals surface area contributed by atoms with Crippen LogP contribution in [0.15, 0.2) is 22.7 Å². The Kier molecular flexibility index (Phi) is 8.14. The van der Waals surface area contributed by atoms with Crippen molar-refractivity contribution in [2.24, 2.45) is 5.73 Å². The van der Waals surface area contributed by atoms with Crippen LogP contribution in [0.25, 0.3) is 0 Å². The number of rotatable bonds is 9. The largest absolute Gasteiger partial charge is 0.490 e. The number of nitrogens with two attached hydrogens (primary N) is 1. The molecule has 0 heterocycles. The second-order valence-electron chi connectivity index (χ2n) is 4.86. The maximum atomic E-state index is 9.80. The SMILES string of the molecule is CCCCOCC(O)COc1ccc(Br)cc1[C@H](C)N. The van der Waals surface area contributed by atoms with E-state index in [9.17, 15) is 5.11 Å². The topological polar surface area (TPSA) is 64.7 Å². The summed E-state index contributed by atoms with van der Waals surface area (Å²) in [6.45, 7) is 5.18. The number of aliphatic hydroxyl groups excluding tert-OH is 1. The number of benzene rings is 1. The van der Waals surface area contributed by atoms with Crippen molar-refractivity contribution < 1.29 is 14.6 Å². The summed E-state index contributed by atoms with van der Waals surface area (Å²) >= 11 is 3.41. The van der Waals surface area contributed by atoms with Crippen molar-refractivity contribution in [2.75, 3.05) is 19.8 Å². The van der Waals surface area contributed by atoms with E-state index in [0.717, 1.165) is 22.9 Å². The first-order chi connectivity index (χ1) is 9.54.